The van der Waals surface area contributed by atoms with Gasteiger partial charge in [-0.3, -0.25) is 4.79 Å². The highest BCUT2D eigenvalue weighted by atomic mass is 16.5. The average Bonchev–Trinajstić information content (AvgIpc) is 3.31. The van der Waals surface area contributed by atoms with Gasteiger partial charge in [0.25, 0.3) is 5.91 Å². The van der Waals surface area contributed by atoms with Crippen molar-refractivity contribution in [3.63, 3.8) is 0 Å². The molecule has 8 heteroatoms. The van der Waals surface area contributed by atoms with Gasteiger partial charge in [0.15, 0.2) is 11.5 Å². The van der Waals surface area contributed by atoms with Crippen molar-refractivity contribution in [1.29, 1.82) is 0 Å². The SMILES string of the molecule is O=C(NCC1CC(n2cc(CO)nn2)C1)c1cc(-c2ccccc2)on1. The predicted molar refractivity (Wildman–Crippen MR) is 92.0 cm³/mol. The highest BCUT2D eigenvalue weighted by Crippen LogP contribution is 2.36. The molecule has 0 bridgehead atoms. The van der Waals surface area contributed by atoms with Gasteiger partial charge in [0.05, 0.1) is 18.8 Å². The van der Waals surface area contributed by atoms with Gasteiger partial charge in [-0.05, 0) is 18.8 Å². The van der Waals surface area contributed by atoms with Crippen LogP contribution in [0.3, 0.4) is 0 Å². The van der Waals surface area contributed by atoms with Crippen LogP contribution in [0, 0.1) is 5.92 Å². The second-order valence-corrected chi connectivity index (χ2v) is 6.49. The molecule has 0 saturated heterocycles. The van der Waals surface area contributed by atoms with E-state index in [2.05, 4.69) is 20.8 Å². The third-order valence-electron chi connectivity index (χ3n) is 4.66. The minimum absolute atomic E-state index is 0.102. The maximum absolute atomic E-state index is 12.2. The molecule has 8 nitrogen and oxygen atoms in total. The van der Waals surface area contributed by atoms with Gasteiger partial charge < -0.3 is 14.9 Å². The Hall–Kier alpha value is -3.00. The summed E-state index contributed by atoms with van der Waals surface area (Å²) in [5.74, 6) is 0.735. The van der Waals surface area contributed by atoms with Gasteiger partial charge in [-0.1, -0.05) is 40.7 Å². The zero-order valence-electron chi connectivity index (χ0n) is 14.1. The molecule has 3 aromatic rings. The number of nitrogens with zero attached hydrogens (tertiary/aromatic N) is 4. The van der Waals surface area contributed by atoms with Gasteiger partial charge >= 0.3 is 0 Å². The van der Waals surface area contributed by atoms with Crippen LogP contribution in [0.15, 0.2) is 47.1 Å². The average molecular weight is 353 g/mol. The topological polar surface area (TPSA) is 106 Å². The summed E-state index contributed by atoms with van der Waals surface area (Å²) in [6.45, 7) is 0.485. The number of nitrogens with one attached hydrogen (secondary N) is 1. The molecule has 2 heterocycles. The van der Waals surface area contributed by atoms with Crippen LogP contribution in [0.1, 0.15) is 35.1 Å². The highest BCUT2D eigenvalue weighted by Gasteiger charge is 2.31. The summed E-state index contributed by atoms with van der Waals surface area (Å²) < 4.78 is 7.04. The predicted octanol–water partition coefficient (Wildman–Crippen LogP) is 1.81. The summed E-state index contributed by atoms with van der Waals surface area (Å²) in [6, 6.07) is 11.5. The molecule has 0 spiro atoms. The van der Waals surface area contributed by atoms with Gasteiger partial charge in [-0.2, -0.15) is 0 Å². The van der Waals surface area contributed by atoms with Crippen LogP contribution in [0.4, 0.5) is 0 Å². The number of carbonyl (C=O) groups excluding carboxylic acids is 1. The smallest absolute Gasteiger partial charge is 0.273 e. The molecule has 1 aliphatic rings. The van der Waals surface area contributed by atoms with E-state index in [1.807, 2.05) is 30.3 Å². The van der Waals surface area contributed by atoms with Gasteiger partial charge in [0, 0.05) is 18.2 Å². The van der Waals surface area contributed by atoms with Crippen molar-refractivity contribution in [2.24, 2.45) is 5.92 Å². The molecular formula is C18H19N5O3. The Kier molecular flexibility index (Phi) is 4.49. The molecule has 1 aromatic carbocycles. The lowest BCUT2D eigenvalue weighted by Crippen LogP contribution is -2.37. The van der Waals surface area contributed by atoms with Crippen LogP contribution in [-0.2, 0) is 6.61 Å². The number of amides is 1. The molecule has 4 rings (SSSR count). The first kappa shape index (κ1) is 16.5. The van der Waals surface area contributed by atoms with Crippen molar-refractivity contribution in [3.05, 3.63) is 54.0 Å². The normalized spacial score (nSPS) is 19.1. The number of aliphatic hydroxyl groups is 1. The van der Waals surface area contributed by atoms with E-state index in [1.54, 1.807) is 16.9 Å². The van der Waals surface area contributed by atoms with Crippen LogP contribution in [0.5, 0.6) is 0 Å². The molecule has 0 radical (unpaired) electrons. The summed E-state index contributed by atoms with van der Waals surface area (Å²) in [6.07, 6.45) is 3.60. The fraction of sp³-hybridized carbons (Fsp3) is 0.333. The van der Waals surface area contributed by atoms with Crippen molar-refractivity contribution in [1.82, 2.24) is 25.5 Å². The van der Waals surface area contributed by atoms with Crippen LogP contribution < -0.4 is 5.32 Å². The van der Waals surface area contributed by atoms with E-state index < -0.39 is 0 Å². The zero-order chi connectivity index (χ0) is 17.9. The molecular weight excluding hydrogens is 334 g/mol. The number of hydrogen-bond donors (Lipinski definition) is 2. The maximum Gasteiger partial charge on any atom is 0.273 e. The monoisotopic (exact) mass is 353 g/mol. The van der Waals surface area contributed by atoms with Crippen molar-refractivity contribution in [2.45, 2.75) is 25.5 Å². The van der Waals surface area contributed by atoms with Gasteiger partial charge in [0.2, 0.25) is 0 Å². The van der Waals surface area contributed by atoms with Crippen LogP contribution in [0.25, 0.3) is 11.3 Å². The molecule has 26 heavy (non-hydrogen) atoms. The standard InChI is InChI=1S/C18H19N5O3/c24-11-14-10-23(22-20-14)15-6-12(7-15)9-19-18(25)16-8-17(26-21-16)13-4-2-1-3-5-13/h1-5,8,10,12,15,24H,6-7,9,11H2,(H,19,25). The Labute approximate surface area is 149 Å². The first-order valence-corrected chi connectivity index (χ1v) is 8.55. The third kappa shape index (κ3) is 3.36. The molecule has 2 aromatic heterocycles. The quantitative estimate of drug-likeness (QED) is 0.700. The Bertz CT molecular complexity index is 883. The fourth-order valence-corrected chi connectivity index (χ4v) is 3.10. The number of aromatic nitrogens is 4. The second-order valence-electron chi connectivity index (χ2n) is 6.49. The molecule has 0 unspecified atom stereocenters. The van der Waals surface area contributed by atoms with Gasteiger partial charge in [-0.25, -0.2) is 4.68 Å². The fourth-order valence-electron chi connectivity index (χ4n) is 3.10. The Morgan fingerprint density at radius 2 is 2.12 bits per heavy atom. The number of rotatable bonds is 6. The molecule has 1 saturated carbocycles. The maximum atomic E-state index is 12.2. The van der Waals surface area contributed by atoms with E-state index in [4.69, 9.17) is 9.63 Å². The molecule has 0 atom stereocenters. The lowest BCUT2D eigenvalue weighted by Gasteiger charge is -2.34. The van der Waals surface area contributed by atoms with Crippen molar-refractivity contribution in [2.75, 3.05) is 6.54 Å². The molecule has 1 amide bonds. The highest BCUT2D eigenvalue weighted by molar-refractivity contribution is 5.93. The van der Waals surface area contributed by atoms with Gasteiger partial charge in [-0.15, -0.1) is 5.10 Å². The van der Waals surface area contributed by atoms with Crippen LogP contribution in [0.2, 0.25) is 0 Å². The molecule has 2 N–H and O–H groups in total. The van der Waals surface area contributed by atoms with Crippen molar-refractivity contribution in [3.8, 4) is 11.3 Å². The van der Waals surface area contributed by atoms with E-state index in [0.29, 0.717) is 23.9 Å². The van der Waals surface area contributed by atoms with Crippen LogP contribution in [-0.4, -0.2) is 37.7 Å². The summed E-state index contributed by atoms with van der Waals surface area (Å²) in [5, 5.41) is 23.7. The summed E-state index contributed by atoms with van der Waals surface area (Å²) >= 11 is 0. The summed E-state index contributed by atoms with van der Waals surface area (Å²) in [4.78, 5) is 12.2. The first-order chi connectivity index (χ1) is 12.7. The minimum atomic E-state index is -0.234. The Morgan fingerprint density at radius 3 is 2.85 bits per heavy atom. The van der Waals surface area contributed by atoms with E-state index in [1.165, 1.54) is 0 Å². The molecule has 1 fully saturated rings. The van der Waals surface area contributed by atoms with E-state index in [-0.39, 0.29) is 24.2 Å². The molecule has 0 aliphatic heterocycles. The molecule has 1 aliphatic carbocycles. The summed E-state index contributed by atoms with van der Waals surface area (Å²) in [5.41, 5.74) is 1.74. The van der Waals surface area contributed by atoms with Gasteiger partial charge in [0.1, 0.15) is 5.69 Å². The first-order valence-electron chi connectivity index (χ1n) is 8.55. The molecule has 134 valence electrons. The Morgan fingerprint density at radius 1 is 1.31 bits per heavy atom. The number of aliphatic hydroxyl groups excluding tert-OH is 1. The summed E-state index contributed by atoms with van der Waals surface area (Å²) in [7, 11) is 0. The minimum Gasteiger partial charge on any atom is -0.390 e. The second kappa shape index (κ2) is 7.09. The Balaban J connectivity index is 1.27. The van der Waals surface area contributed by atoms with E-state index in [9.17, 15) is 4.79 Å². The zero-order valence-corrected chi connectivity index (χ0v) is 14.1. The van der Waals surface area contributed by atoms with E-state index >= 15 is 0 Å². The number of benzene rings is 1. The third-order valence-corrected chi connectivity index (χ3v) is 4.66. The van der Waals surface area contributed by atoms with Crippen molar-refractivity contribution < 1.29 is 14.4 Å². The number of hydrogen-bond acceptors (Lipinski definition) is 6. The lowest BCUT2D eigenvalue weighted by molar-refractivity contribution is 0.0914. The van der Waals surface area contributed by atoms with Crippen molar-refractivity contribution >= 4 is 5.91 Å². The van der Waals surface area contributed by atoms with Crippen LogP contribution >= 0.6 is 0 Å². The largest absolute Gasteiger partial charge is 0.390 e. The number of carbonyl (C=O) groups is 1. The lowest BCUT2D eigenvalue weighted by atomic mass is 9.80. The van der Waals surface area contributed by atoms with E-state index in [0.717, 1.165) is 18.4 Å².